The number of hydrogen-bond acceptors (Lipinski definition) is 7. The van der Waals surface area contributed by atoms with E-state index in [0.29, 0.717) is 19.6 Å². The molecule has 1 amide bonds. The molecule has 0 bridgehead atoms. The lowest BCUT2D eigenvalue weighted by molar-refractivity contribution is -0.136. The molecule has 134 valence electrons. The van der Waals surface area contributed by atoms with Gasteiger partial charge in [-0.1, -0.05) is 0 Å². The van der Waals surface area contributed by atoms with Gasteiger partial charge in [0.2, 0.25) is 5.91 Å². The number of anilines is 2. The Kier molecular flexibility index (Phi) is 5.13. The van der Waals surface area contributed by atoms with Crippen molar-refractivity contribution < 1.29 is 9.53 Å². The molecule has 0 atom stereocenters. The van der Waals surface area contributed by atoms with Gasteiger partial charge in [-0.05, 0) is 0 Å². The maximum Gasteiger partial charge on any atom is 0.249 e. The molecule has 9 heteroatoms. The van der Waals surface area contributed by atoms with Gasteiger partial charge in [-0.25, -0.2) is 15.0 Å². The van der Waals surface area contributed by atoms with E-state index in [0.717, 1.165) is 29.7 Å². The summed E-state index contributed by atoms with van der Waals surface area (Å²) in [6.07, 6.45) is 3.56. The van der Waals surface area contributed by atoms with Crippen LogP contribution in [0.2, 0.25) is 0 Å². The second kappa shape index (κ2) is 7.47. The maximum absolute atomic E-state index is 11.9. The van der Waals surface area contributed by atoms with Crippen LogP contribution in [-0.4, -0.2) is 64.7 Å². The molecule has 2 aromatic heterocycles. The third kappa shape index (κ3) is 4.05. The van der Waals surface area contributed by atoms with Gasteiger partial charge in [0.25, 0.3) is 0 Å². The summed E-state index contributed by atoms with van der Waals surface area (Å²) >= 11 is 0. The van der Waals surface area contributed by atoms with Gasteiger partial charge >= 0.3 is 0 Å². The van der Waals surface area contributed by atoms with E-state index in [1.807, 2.05) is 31.3 Å². The van der Waals surface area contributed by atoms with Crippen LogP contribution in [0, 0.1) is 0 Å². The number of aromatic nitrogens is 4. The summed E-state index contributed by atoms with van der Waals surface area (Å²) in [6.45, 7) is 2.61. The van der Waals surface area contributed by atoms with Crippen LogP contribution in [-0.2, 0) is 29.2 Å². The molecule has 1 N–H and O–H groups in total. The van der Waals surface area contributed by atoms with E-state index in [2.05, 4.69) is 24.8 Å². The molecule has 0 spiro atoms. The molecular weight excluding hydrogens is 322 g/mol. The Labute approximate surface area is 146 Å². The zero-order chi connectivity index (χ0) is 17.8. The predicted octanol–water partition coefficient (Wildman–Crippen LogP) is 0.340. The fraction of sp³-hybridized carbons (Fsp3) is 0.500. The molecule has 25 heavy (non-hydrogen) atoms. The van der Waals surface area contributed by atoms with E-state index in [-0.39, 0.29) is 12.5 Å². The van der Waals surface area contributed by atoms with Crippen LogP contribution < -0.4 is 10.2 Å². The number of carbonyl (C=O) groups is 1. The van der Waals surface area contributed by atoms with Gasteiger partial charge < -0.3 is 24.4 Å². The van der Waals surface area contributed by atoms with E-state index in [9.17, 15) is 4.79 Å². The Balaban J connectivity index is 1.62. The average molecular weight is 345 g/mol. The second-order valence-electron chi connectivity index (χ2n) is 6.10. The van der Waals surface area contributed by atoms with Gasteiger partial charge in [-0.2, -0.15) is 0 Å². The fourth-order valence-corrected chi connectivity index (χ4v) is 2.69. The number of nitrogens with one attached hydrogen (secondary N) is 1. The van der Waals surface area contributed by atoms with E-state index in [1.165, 1.54) is 13.4 Å². The van der Waals surface area contributed by atoms with Gasteiger partial charge in [0.05, 0.1) is 18.8 Å². The van der Waals surface area contributed by atoms with Crippen LogP contribution in [0.4, 0.5) is 11.6 Å². The highest BCUT2D eigenvalue weighted by atomic mass is 16.5. The lowest BCUT2D eigenvalue weighted by Crippen LogP contribution is -2.40. The first-order valence-corrected chi connectivity index (χ1v) is 8.11. The van der Waals surface area contributed by atoms with Crippen LogP contribution in [0.5, 0.6) is 0 Å². The van der Waals surface area contributed by atoms with E-state index < -0.39 is 0 Å². The highest BCUT2D eigenvalue weighted by Crippen LogP contribution is 2.15. The molecule has 0 saturated carbocycles. The highest BCUT2D eigenvalue weighted by molar-refractivity contribution is 5.77. The van der Waals surface area contributed by atoms with Crippen molar-refractivity contribution in [1.82, 2.24) is 24.4 Å². The second-order valence-corrected chi connectivity index (χ2v) is 6.10. The minimum Gasteiger partial charge on any atom is -0.375 e. The first-order valence-electron chi connectivity index (χ1n) is 8.11. The zero-order valence-electron chi connectivity index (χ0n) is 14.8. The summed E-state index contributed by atoms with van der Waals surface area (Å²) in [5, 5.41) is 3.27. The summed E-state index contributed by atoms with van der Waals surface area (Å²) in [7, 11) is 5.40. The molecule has 0 aliphatic carbocycles. The number of amides is 1. The SMILES string of the molecule is COCC(=O)N1CCn2cc(CNc3cc(N(C)C)ncn3)nc2C1. The number of methoxy groups -OCH3 is 1. The number of fused-ring (bicyclic) bond motifs is 1. The molecule has 3 rings (SSSR count). The van der Waals surface area contributed by atoms with Gasteiger partial charge in [-0.15, -0.1) is 0 Å². The molecular formula is C16H23N7O2. The standard InChI is InChI=1S/C16H23N7O2/c1-21(2)14-6-13(18-11-19-14)17-7-12-8-22-4-5-23(9-15(22)20-12)16(24)10-25-3/h6,8,11H,4-5,7,9-10H2,1-3H3,(H,17,18,19). The average Bonchev–Trinajstić information content (AvgIpc) is 3.02. The summed E-state index contributed by atoms with van der Waals surface area (Å²) in [4.78, 5) is 28.7. The van der Waals surface area contributed by atoms with Gasteiger partial charge in [0, 0.05) is 46.6 Å². The van der Waals surface area contributed by atoms with E-state index >= 15 is 0 Å². The van der Waals surface area contributed by atoms with Crippen LogP contribution in [0.25, 0.3) is 0 Å². The molecule has 0 fully saturated rings. The molecule has 2 aromatic rings. The minimum atomic E-state index is -0.00590. The van der Waals surface area contributed by atoms with Crippen LogP contribution in [0.15, 0.2) is 18.6 Å². The van der Waals surface area contributed by atoms with Gasteiger partial charge in [-0.3, -0.25) is 4.79 Å². The lowest BCUT2D eigenvalue weighted by Gasteiger charge is -2.27. The third-order valence-electron chi connectivity index (χ3n) is 4.03. The molecule has 1 aliphatic heterocycles. The Morgan fingerprint density at radius 2 is 2.20 bits per heavy atom. The largest absolute Gasteiger partial charge is 0.375 e. The zero-order valence-corrected chi connectivity index (χ0v) is 14.8. The first kappa shape index (κ1) is 17.2. The van der Waals surface area contributed by atoms with Crippen molar-refractivity contribution in [3.63, 3.8) is 0 Å². The van der Waals surface area contributed by atoms with Crippen molar-refractivity contribution in [2.24, 2.45) is 0 Å². The fourth-order valence-electron chi connectivity index (χ4n) is 2.69. The summed E-state index contributed by atoms with van der Waals surface area (Å²) in [6, 6.07) is 1.89. The van der Waals surface area contributed by atoms with E-state index in [1.54, 1.807) is 4.90 Å². The molecule has 0 saturated heterocycles. The summed E-state index contributed by atoms with van der Waals surface area (Å²) < 4.78 is 7.02. The summed E-state index contributed by atoms with van der Waals surface area (Å²) in [5.41, 5.74) is 0.918. The quantitative estimate of drug-likeness (QED) is 0.807. The molecule has 0 aromatic carbocycles. The van der Waals surface area contributed by atoms with Crippen LogP contribution >= 0.6 is 0 Å². The van der Waals surface area contributed by atoms with Crippen molar-refractivity contribution >= 4 is 17.5 Å². The normalized spacial score (nSPS) is 13.5. The van der Waals surface area contributed by atoms with Gasteiger partial charge in [0.1, 0.15) is 30.4 Å². The Bertz CT molecular complexity index is 744. The van der Waals surface area contributed by atoms with Crippen molar-refractivity contribution in [3.8, 4) is 0 Å². The number of nitrogens with zero attached hydrogens (tertiary/aromatic N) is 6. The van der Waals surface area contributed by atoms with Crippen molar-refractivity contribution in [3.05, 3.63) is 30.1 Å². The number of rotatable bonds is 6. The molecule has 9 nitrogen and oxygen atoms in total. The topological polar surface area (TPSA) is 88.4 Å². The van der Waals surface area contributed by atoms with E-state index in [4.69, 9.17) is 4.74 Å². The molecule has 1 aliphatic rings. The number of carbonyl (C=O) groups excluding carboxylic acids is 1. The van der Waals surface area contributed by atoms with Crippen molar-refractivity contribution in [2.75, 3.05) is 44.6 Å². The Morgan fingerprint density at radius 3 is 2.96 bits per heavy atom. The predicted molar refractivity (Wildman–Crippen MR) is 93.2 cm³/mol. The van der Waals surface area contributed by atoms with Gasteiger partial charge in [0.15, 0.2) is 0 Å². The maximum atomic E-state index is 11.9. The number of imidazole rings is 1. The van der Waals surface area contributed by atoms with Crippen molar-refractivity contribution in [1.29, 1.82) is 0 Å². The Morgan fingerprint density at radius 1 is 1.36 bits per heavy atom. The van der Waals surface area contributed by atoms with Crippen molar-refractivity contribution in [2.45, 2.75) is 19.6 Å². The number of hydrogen-bond donors (Lipinski definition) is 1. The first-order chi connectivity index (χ1) is 12.1. The van der Waals surface area contributed by atoms with Crippen LogP contribution in [0.3, 0.4) is 0 Å². The third-order valence-corrected chi connectivity index (χ3v) is 4.03. The lowest BCUT2D eigenvalue weighted by atomic mass is 10.3. The highest BCUT2D eigenvalue weighted by Gasteiger charge is 2.22. The van der Waals surface area contributed by atoms with Crippen LogP contribution in [0.1, 0.15) is 11.5 Å². The molecule has 0 unspecified atom stereocenters. The monoisotopic (exact) mass is 345 g/mol. The minimum absolute atomic E-state index is 0.00590. The molecule has 0 radical (unpaired) electrons. The smallest absolute Gasteiger partial charge is 0.249 e. The number of ether oxygens (including phenoxy) is 1. The molecule has 3 heterocycles. The summed E-state index contributed by atoms with van der Waals surface area (Å²) in [5.74, 6) is 2.48. The Hall–Kier alpha value is -2.68.